The quantitative estimate of drug-likeness (QED) is 0.760. The number of aryl methyl sites for hydroxylation is 1. The Morgan fingerprint density at radius 1 is 1.33 bits per heavy atom. The summed E-state index contributed by atoms with van der Waals surface area (Å²) in [5, 5.41) is 21.7. The van der Waals surface area contributed by atoms with E-state index in [0.29, 0.717) is 17.0 Å². The van der Waals surface area contributed by atoms with Gasteiger partial charge in [-0.2, -0.15) is 0 Å². The van der Waals surface area contributed by atoms with Crippen LogP contribution < -0.4 is 5.32 Å². The molecular formula is C13H18ClNO3. The molecule has 0 saturated heterocycles. The lowest BCUT2D eigenvalue weighted by molar-refractivity contribution is 0.0653. The Hall–Kier alpha value is -1.10. The number of nitrogens with one attached hydrogen (secondary N) is 1. The molecular weight excluding hydrogens is 254 g/mol. The maximum atomic E-state index is 12.0. The van der Waals surface area contributed by atoms with Gasteiger partial charge < -0.3 is 15.5 Å². The highest BCUT2D eigenvalue weighted by Crippen LogP contribution is 2.16. The van der Waals surface area contributed by atoms with Crippen LogP contribution in [-0.4, -0.2) is 34.9 Å². The molecule has 0 saturated carbocycles. The molecule has 1 aromatic carbocycles. The second kappa shape index (κ2) is 6.18. The van der Waals surface area contributed by atoms with Crippen molar-refractivity contribution in [3.05, 3.63) is 34.3 Å². The number of hydrogen-bond acceptors (Lipinski definition) is 3. The summed E-state index contributed by atoms with van der Waals surface area (Å²) in [5.74, 6) is -0.356. The molecule has 3 N–H and O–H groups in total. The number of aliphatic hydroxyl groups is 2. The van der Waals surface area contributed by atoms with Gasteiger partial charge in [-0.1, -0.05) is 18.5 Å². The van der Waals surface area contributed by atoms with Crippen molar-refractivity contribution < 1.29 is 15.0 Å². The van der Waals surface area contributed by atoms with E-state index in [4.69, 9.17) is 11.6 Å². The van der Waals surface area contributed by atoms with Gasteiger partial charge in [0.2, 0.25) is 0 Å². The van der Waals surface area contributed by atoms with Crippen LogP contribution in [0.1, 0.15) is 29.3 Å². The maximum absolute atomic E-state index is 12.0. The molecule has 0 heterocycles. The molecule has 0 radical (unpaired) electrons. The Labute approximate surface area is 112 Å². The summed E-state index contributed by atoms with van der Waals surface area (Å²) < 4.78 is 0. The van der Waals surface area contributed by atoms with Gasteiger partial charge in [-0.3, -0.25) is 4.79 Å². The van der Waals surface area contributed by atoms with Crippen LogP contribution >= 0.6 is 11.6 Å². The Balaban J connectivity index is 2.94. The SMILES string of the molecule is CCC(CO)(CO)NC(=O)c1cc(C)cc(Cl)c1. The molecule has 0 spiro atoms. The van der Waals surface area contributed by atoms with Crippen LogP contribution in [0.15, 0.2) is 18.2 Å². The Morgan fingerprint density at radius 3 is 2.39 bits per heavy atom. The summed E-state index contributed by atoms with van der Waals surface area (Å²) in [6.45, 7) is 3.00. The van der Waals surface area contributed by atoms with Crippen LogP contribution in [-0.2, 0) is 0 Å². The Kier molecular flexibility index (Phi) is 5.14. The molecule has 0 unspecified atom stereocenters. The van der Waals surface area contributed by atoms with Gasteiger partial charge >= 0.3 is 0 Å². The van der Waals surface area contributed by atoms with Crippen molar-refractivity contribution in [3.63, 3.8) is 0 Å². The first-order chi connectivity index (χ1) is 8.46. The zero-order valence-electron chi connectivity index (χ0n) is 10.5. The molecule has 1 aromatic rings. The number of carbonyl (C=O) groups is 1. The summed E-state index contributed by atoms with van der Waals surface area (Å²) in [6.07, 6.45) is 0.436. The van der Waals surface area contributed by atoms with Gasteiger partial charge in [0.15, 0.2) is 0 Å². The minimum Gasteiger partial charge on any atom is -0.394 e. The van der Waals surface area contributed by atoms with E-state index < -0.39 is 5.54 Å². The van der Waals surface area contributed by atoms with E-state index in [9.17, 15) is 15.0 Å². The normalized spacial score (nSPS) is 11.4. The molecule has 0 aliphatic heterocycles. The van der Waals surface area contributed by atoms with E-state index in [2.05, 4.69) is 5.32 Å². The van der Waals surface area contributed by atoms with Crippen molar-refractivity contribution in [2.24, 2.45) is 0 Å². The van der Waals surface area contributed by atoms with E-state index >= 15 is 0 Å². The van der Waals surface area contributed by atoms with E-state index in [1.807, 2.05) is 6.92 Å². The lowest BCUT2D eigenvalue weighted by Gasteiger charge is -2.29. The van der Waals surface area contributed by atoms with Gasteiger partial charge in [0, 0.05) is 10.6 Å². The van der Waals surface area contributed by atoms with Gasteiger partial charge in [-0.05, 0) is 37.1 Å². The number of benzene rings is 1. The van der Waals surface area contributed by atoms with E-state index in [0.717, 1.165) is 5.56 Å². The maximum Gasteiger partial charge on any atom is 0.251 e. The fourth-order valence-corrected chi connectivity index (χ4v) is 1.91. The smallest absolute Gasteiger partial charge is 0.251 e. The molecule has 0 aromatic heterocycles. The fourth-order valence-electron chi connectivity index (χ4n) is 1.62. The van der Waals surface area contributed by atoms with Gasteiger partial charge in [-0.25, -0.2) is 0 Å². The number of amides is 1. The number of carbonyl (C=O) groups excluding carboxylic acids is 1. The van der Waals surface area contributed by atoms with Crippen LogP contribution in [0.2, 0.25) is 5.02 Å². The van der Waals surface area contributed by atoms with Crippen molar-refractivity contribution in [1.29, 1.82) is 0 Å². The first-order valence-electron chi connectivity index (χ1n) is 5.78. The molecule has 0 atom stereocenters. The second-order valence-corrected chi connectivity index (χ2v) is 4.86. The largest absolute Gasteiger partial charge is 0.394 e. The number of rotatable bonds is 5. The second-order valence-electron chi connectivity index (χ2n) is 4.42. The molecule has 100 valence electrons. The highest BCUT2D eigenvalue weighted by atomic mass is 35.5. The van der Waals surface area contributed by atoms with Gasteiger partial charge in [0.25, 0.3) is 5.91 Å². The average Bonchev–Trinajstić information content (AvgIpc) is 2.35. The van der Waals surface area contributed by atoms with E-state index in [1.54, 1.807) is 25.1 Å². The molecule has 0 aliphatic carbocycles. The third-order valence-corrected chi connectivity index (χ3v) is 3.18. The minimum absolute atomic E-state index is 0.314. The van der Waals surface area contributed by atoms with E-state index in [1.165, 1.54) is 0 Å². The van der Waals surface area contributed by atoms with Crippen LogP contribution in [0.4, 0.5) is 0 Å². The fraction of sp³-hybridized carbons (Fsp3) is 0.462. The zero-order valence-corrected chi connectivity index (χ0v) is 11.3. The lowest BCUT2D eigenvalue weighted by atomic mass is 9.97. The molecule has 0 fully saturated rings. The van der Waals surface area contributed by atoms with Crippen LogP contribution in [0.5, 0.6) is 0 Å². The highest BCUT2D eigenvalue weighted by Gasteiger charge is 2.28. The van der Waals surface area contributed by atoms with Crippen molar-refractivity contribution in [1.82, 2.24) is 5.32 Å². The predicted molar refractivity (Wildman–Crippen MR) is 70.8 cm³/mol. The monoisotopic (exact) mass is 271 g/mol. The molecule has 5 heteroatoms. The first-order valence-corrected chi connectivity index (χ1v) is 6.15. The predicted octanol–water partition coefficient (Wildman–Crippen LogP) is 1.51. The third kappa shape index (κ3) is 3.45. The van der Waals surface area contributed by atoms with Crippen LogP contribution in [0, 0.1) is 6.92 Å². The van der Waals surface area contributed by atoms with Crippen LogP contribution in [0.3, 0.4) is 0 Å². The summed E-state index contributed by atoms with van der Waals surface area (Å²) in [4.78, 5) is 12.0. The Morgan fingerprint density at radius 2 is 1.94 bits per heavy atom. The molecule has 0 aliphatic rings. The number of aliphatic hydroxyl groups excluding tert-OH is 2. The summed E-state index contributed by atoms with van der Waals surface area (Å²) in [6, 6.07) is 5.01. The minimum atomic E-state index is -0.993. The Bertz CT molecular complexity index is 402. The van der Waals surface area contributed by atoms with Crippen LogP contribution in [0.25, 0.3) is 0 Å². The summed E-state index contributed by atoms with van der Waals surface area (Å²) in [7, 11) is 0. The lowest BCUT2D eigenvalue weighted by Crippen LogP contribution is -2.53. The summed E-state index contributed by atoms with van der Waals surface area (Å²) >= 11 is 5.89. The topological polar surface area (TPSA) is 69.6 Å². The van der Waals surface area contributed by atoms with Gasteiger partial charge in [0.05, 0.1) is 18.8 Å². The van der Waals surface area contributed by atoms with Crippen molar-refractivity contribution in [3.8, 4) is 0 Å². The van der Waals surface area contributed by atoms with Gasteiger partial charge in [-0.15, -0.1) is 0 Å². The molecule has 1 rings (SSSR count). The van der Waals surface area contributed by atoms with Crippen molar-refractivity contribution in [2.75, 3.05) is 13.2 Å². The first kappa shape index (κ1) is 15.0. The number of halogens is 1. The molecule has 4 nitrogen and oxygen atoms in total. The average molecular weight is 272 g/mol. The van der Waals surface area contributed by atoms with E-state index in [-0.39, 0.29) is 19.1 Å². The summed E-state index contributed by atoms with van der Waals surface area (Å²) in [5.41, 5.74) is 0.301. The molecule has 0 bridgehead atoms. The zero-order chi connectivity index (χ0) is 13.8. The van der Waals surface area contributed by atoms with Gasteiger partial charge in [0.1, 0.15) is 0 Å². The highest BCUT2D eigenvalue weighted by molar-refractivity contribution is 6.31. The number of hydrogen-bond donors (Lipinski definition) is 3. The van der Waals surface area contributed by atoms with Crippen molar-refractivity contribution in [2.45, 2.75) is 25.8 Å². The third-order valence-electron chi connectivity index (χ3n) is 2.97. The molecule has 18 heavy (non-hydrogen) atoms. The van der Waals surface area contributed by atoms with Crippen molar-refractivity contribution >= 4 is 17.5 Å². The molecule has 1 amide bonds. The standard InChI is InChI=1S/C13H18ClNO3/c1-3-13(7-16,8-17)15-12(18)10-4-9(2)5-11(14)6-10/h4-6,16-17H,3,7-8H2,1-2H3,(H,15,18).